The van der Waals surface area contributed by atoms with E-state index in [0.717, 1.165) is 5.56 Å². The van der Waals surface area contributed by atoms with Crippen LogP contribution in [0, 0.1) is 0 Å². The van der Waals surface area contributed by atoms with E-state index in [4.69, 9.17) is 11.5 Å². The molecule has 2 amide bonds. The van der Waals surface area contributed by atoms with Gasteiger partial charge in [-0.3, -0.25) is 14.5 Å². The maximum absolute atomic E-state index is 11.7. The maximum atomic E-state index is 11.7. The van der Waals surface area contributed by atoms with Gasteiger partial charge < -0.3 is 16.4 Å². The molecule has 0 spiro atoms. The van der Waals surface area contributed by atoms with E-state index in [1.165, 1.54) is 4.90 Å². The lowest BCUT2D eigenvalue weighted by Crippen LogP contribution is -2.40. The average Bonchev–Trinajstić information content (AvgIpc) is 2.31. The fourth-order valence-corrected chi connectivity index (χ4v) is 1.64. The second kappa shape index (κ2) is 6.75. The molecule has 0 atom stereocenters. The van der Waals surface area contributed by atoms with Gasteiger partial charge in [0.15, 0.2) is 0 Å². The Bertz CT molecular complexity index is 460. The fraction of sp³-hybridized carbons (Fsp3) is 0.385. The number of nitrogens with two attached hydrogens (primary N) is 2. The lowest BCUT2D eigenvalue weighted by molar-refractivity contribution is -0.130. The van der Waals surface area contributed by atoms with Crippen LogP contribution in [0.15, 0.2) is 24.3 Å². The van der Waals surface area contributed by atoms with Crippen molar-refractivity contribution in [1.29, 1.82) is 0 Å². The summed E-state index contributed by atoms with van der Waals surface area (Å²) in [6, 6.07) is 7.35. The number of para-hydroxylation sites is 1. The van der Waals surface area contributed by atoms with Crippen LogP contribution in [0.3, 0.4) is 0 Å². The van der Waals surface area contributed by atoms with Crippen LogP contribution in [-0.2, 0) is 16.1 Å². The standard InChI is InChI=1S/C13H20N4O2/c1-16(2)13(19)9-17(8-12(15)18)7-10-5-3-4-6-11(10)14/h3-6H,7-9,14H2,1-2H3,(H2,15,18). The van der Waals surface area contributed by atoms with Gasteiger partial charge in [0.1, 0.15) is 0 Å². The van der Waals surface area contributed by atoms with Gasteiger partial charge in [0.05, 0.1) is 13.1 Å². The van der Waals surface area contributed by atoms with Crippen molar-refractivity contribution in [3.63, 3.8) is 0 Å². The molecule has 0 aliphatic heterocycles. The number of hydrogen-bond donors (Lipinski definition) is 2. The molecule has 0 heterocycles. The molecule has 0 aromatic heterocycles. The number of nitrogen functional groups attached to an aromatic ring is 1. The highest BCUT2D eigenvalue weighted by Gasteiger charge is 2.15. The highest BCUT2D eigenvalue weighted by molar-refractivity contribution is 5.80. The number of anilines is 1. The predicted octanol–water partition coefficient (Wildman–Crippen LogP) is -0.356. The third-order valence-corrected chi connectivity index (χ3v) is 2.69. The molecular formula is C13H20N4O2. The van der Waals surface area contributed by atoms with Gasteiger partial charge in [0, 0.05) is 26.3 Å². The Balaban J connectivity index is 2.77. The maximum Gasteiger partial charge on any atom is 0.236 e. The third kappa shape index (κ3) is 4.97. The minimum Gasteiger partial charge on any atom is -0.398 e. The molecule has 0 fully saturated rings. The third-order valence-electron chi connectivity index (χ3n) is 2.69. The topological polar surface area (TPSA) is 92.7 Å². The Labute approximate surface area is 113 Å². The minimum absolute atomic E-state index is 0.0217. The predicted molar refractivity (Wildman–Crippen MR) is 74.0 cm³/mol. The van der Waals surface area contributed by atoms with Crippen molar-refractivity contribution in [2.75, 3.05) is 32.9 Å². The van der Waals surface area contributed by atoms with Gasteiger partial charge >= 0.3 is 0 Å². The molecular weight excluding hydrogens is 244 g/mol. The second-order valence-corrected chi connectivity index (χ2v) is 4.60. The number of amides is 2. The van der Waals surface area contributed by atoms with Crippen LogP contribution in [0.25, 0.3) is 0 Å². The highest BCUT2D eigenvalue weighted by Crippen LogP contribution is 2.13. The molecule has 6 heteroatoms. The van der Waals surface area contributed by atoms with Crippen LogP contribution >= 0.6 is 0 Å². The van der Waals surface area contributed by atoms with Gasteiger partial charge in [-0.2, -0.15) is 0 Å². The summed E-state index contributed by atoms with van der Waals surface area (Å²) in [6.07, 6.45) is 0. The highest BCUT2D eigenvalue weighted by atomic mass is 16.2. The Morgan fingerprint density at radius 1 is 1.16 bits per heavy atom. The molecule has 1 aromatic rings. The van der Waals surface area contributed by atoms with E-state index in [-0.39, 0.29) is 19.0 Å². The van der Waals surface area contributed by atoms with Crippen molar-refractivity contribution < 1.29 is 9.59 Å². The Kier molecular flexibility index (Phi) is 5.32. The number of primary amides is 1. The lowest BCUT2D eigenvalue weighted by Gasteiger charge is -2.22. The van der Waals surface area contributed by atoms with Crippen molar-refractivity contribution in [1.82, 2.24) is 9.80 Å². The number of rotatable bonds is 6. The molecule has 4 N–H and O–H groups in total. The van der Waals surface area contributed by atoms with Crippen LogP contribution in [0.2, 0.25) is 0 Å². The first kappa shape index (κ1) is 15.0. The second-order valence-electron chi connectivity index (χ2n) is 4.60. The van der Waals surface area contributed by atoms with Crippen LogP contribution in [0.4, 0.5) is 5.69 Å². The van der Waals surface area contributed by atoms with E-state index in [0.29, 0.717) is 12.2 Å². The van der Waals surface area contributed by atoms with Crippen LogP contribution in [-0.4, -0.2) is 48.8 Å². The molecule has 19 heavy (non-hydrogen) atoms. The summed E-state index contributed by atoms with van der Waals surface area (Å²) in [5.41, 5.74) is 12.6. The summed E-state index contributed by atoms with van der Waals surface area (Å²) in [7, 11) is 3.34. The first-order valence-electron chi connectivity index (χ1n) is 5.94. The fourth-order valence-electron chi connectivity index (χ4n) is 1.64. The molecule has 0 saturated heterocycles. The van der Waals surface area contributed by atoms with E-state index in [2.05, 4.69) is 0 Å². The molecule has 0 bridgehead atoms. The number of hydrogen-bond acceptors (Lipinski definition) is 4. The Morgan fingerprint density at radius 3 is 2.32 bits per heavy atom. The van der Waals surface area contributed by atoms with E-state index >= 15 is 0 Å². The molecule has 0 radical (unpaired) electrons. The summed E-state index contributed by atoms with van der Waals surface area (Å²) < 4.78 is 0. The minimum atomic E-state index is -0.471. The van der Waals surface area contributed by atoms with Crippen molar-refractivity contribution in [3.8, 4) is 0 Å². The van der Waals surface area contributed by atoms with Crippen LogP contribution in [0.5, 0.6) is 0 Å². The average molecular weight is 264 g/mol. The molecule has 0 saturated carbocycles. The van der Waals surface area contributed by atoms with Gasteiger partial charge in [-0.1, -0.05) is 18.2 Å². The van der Waals surface area contributed by atoms with Gasteiger partial charge in [0.25, 0.3) is 0 Å². The number of nitrogens with zero attached hydrogens (tertiary/aromatic N) is 2. The lowest BCUT2D eigenvalue weighted by atomic mass is 10.1. The van der Waals surface area contributed by atoms with Crippen molar-refractivity contribution in [2.45, 2.75) is 6.54 Å². The first-order chi connectivity index (χ1) is 8.90. The molecule has 1 rings (SSSR count). The van der Waals surface area contributed by atoms with E-state index in [1.807, 2.05) is 18.2 Å². The number of benzene rings is 1. The van der Waals surface area contributed by atoms with E-state index < -0.39 is 5.91 Å². The van der Waals surface area contributed by atoms with Crippen LogP contribution < -0.4 is 11.5 Å². The Hall–Kier alpha value is -2.08. The summed E-state index contributed by atoms with van der Waals surface area (Å²) in [5, 5.41) is 0. The monoisotopic (exact) mass is 264 g/mol. The van der Waals surface area contributed by atoms with Gasteiger partial charge in [-0.05, 0) is 11.6 Å². The van der Waals surface area contributed by atoms with Gasteiger partial charge in [0.2, 0.25) is 11.8 Å². The zero-order valence-corrected chi connectivity index (χ0v) is 11.3. The van der Waals surface area contributed by atoms with Gasteiger partial charge in [-0.15, -0.1) is 0 Å². The number of likely N-dealkylation sites (N-methyl/N-ethyl adjacent to an activating group) is 1. The van der Waals surface area contributed by atoms with E-state index in [1.54, 1.807) is 25.1 Å². The summed E-state index contributed by atoms with van der Waals surface area (Å²) in [6.45, 7) is 0.563. The quantitative estimate of drug-likeness (QED) is 0.686. The summed E-state index contributed by atoms with van der Waals surface area (Å²) in [5.74, 6) is -0.559. The van der Waals surface area contributed by atoms with E-state index in [9.17, 15) is 9.59 Å². The smallest absolute Gasteiger partial charge is 0.236 e. The Morgan fingerprint density at radius 2 is 1.79 bits per heavy atom. The number of carbonyl (C=O) groups is 2. The zero-order chi connectivity index (χ0) is 14.4. The van der Waals surface area contributed by atoms with Crippen molar-refractivity contribution in [3.05, 3.63) is 29.8 Å². The normalized spacial score (nSPS) is 10.5. The summed E-state index contributed by atoms with van der Waals surface area (Å²) in [4.78, 5) is 25.9. The zero-order valence-electron chi connectivity index (χ0n) is 11.3. The first-order valence-corrected chi connectivity index (χ1v) is 5.94. The molecule has 0 aliphatic carbocycles. The molecule has 1 aromatic carbocycles. The largest absolute Gasteiger partial charge is 0.398 e. The number of carbonyl (C=O) groups excluding carboxylic acids is 2. The van der Waals surface area contributed by atoms with Crippen molar-refractivity contribution >= 4 is 17.5 Å². The van der Waals surface area contributed by atoms with Gasteiger partial charge in [-0.25, -0.2) is 0 Å². The van der Waals surface area contributed by atoms with Crippen LogP contribution in [0.1, 0.15) is 5.56 Å². The molecule has 0 aliphatic rings. The molecule has 104 valence electrons. The van der Waals surface area contributed by atoms with Crippen molar-refractivity contribution in [2.24, 2.45) is 5.73 Å². The SMILES string of the molecule is CN(C)C(=O)CN(CC(N)=O)Cc1ccccc1N. The molecule has 6 nitrogen and oxygen atoms in total. The summed E-state index contributed by atoms with van der Waals surface area (Å²) >= 11 is 0. The molecule has 0 unspecified atom stereocenters.